The molecule has 92 valence electrons. The molecule has 0 aromatic rings. The van der Waals surface area contributed by atoms with Crippen LogP contribution in [0.1, 0.15) is 59.3 Å². The van der Waals surface area contributed by atoms with E-state index in [-0.39, 0.29) is 11.6 Å². The average molecular weight is 224 g/mol. The molecule has 2 saturated carbocycles. The molecular formula is C14H24O2. The van der Waals surface area contributed by atoms with Gasteiger partial charge in [0.1, 0.15) is 5.60 Å². The molecular weight excluding hydrogens is 200 g/mol. The summed E-state index contributed by atoms with van der Waals surface area (Å²) in [4.78, 5) is 11.5. The lowest BCUT2D eigenvalue weighted by molar-refractivity contribution is -0.150. The summed E-state index contributed by atoms with van der Waals surface area (Å²) in [5.74, 6) is 2.52. The predicted molar refractivity (Wildman–Crippen MR) is 64.0 cm³/mol. The van der Waals surface area contributed by atoms with Crippen molar-refractivity contribution in [3.63, 3.8) is 0 Å². The van der Waals surface area contributed by atoms with E-state index in [1.165, 1.54) is 12.8 Å². The van der Waals surface area contributed by atoms with E-state index in [1.54, 1.807) is 0 Å². The lowest BCUT2D eigenvalue weighted by Crippen LogP contribution is -2.28. The van der Waals surface area contributed by atoms with Gasteiger partial charge in [-0.15, -0.1) is 0 Å². The Morgan fingerprint density at radius 1 is 1.38 bits per heavy atom. The summed E-state index contributed by atoms with van der Waals surface area (Å²) >= 11 is 0. The van der Waals surface area contributed by atoms with E-state index in [0.717, 1.165) is 37.0 Å². The van der Waals surface area contributed by atoms with Crippen LogP contribution in [-0.2, 0) is 9.53 Å². The van der Waals surface area contributed by atoms with Gasteiger partial charge in [0.25, 0.3) is 0 Å². The minimum atomic E-state index is -0.0861. The first kappa shape index (κ1) is 11.9. The molecule has 0 N–H and O–H groups in total. The highest BCUT2D eigenvalue weighted by atomic mass is 16.6. The standard InChI is InChI=1S/C14H24O2/c1-10(2)12-8-11(9-12)4-5-13(15)16-14(3)6-7-14/h10-12H,4-9H2,1-3H3. The molecule has 2 aliphatic carbocycles. The van der Waals surface area contributed by atoms with E-state index in [0.29, 0.717) is 6.42 Å². The largest absolute Gasteiger partial charge is 0.459 e. The molecule has 2 heteroatoms. The number of hydrogen-bond acceptors (Lipinski definition) is 2. The Labute approximate surface area is 98.7 Å². The Morgan fingerprint density at radius 2 is 2.00 bits per heavy atom. The molecule has 0 spiro atoms. The first-order chi connectivity index (χ1) is 7.48. The zero-order valence-corrected chi connectivity index (χ0v) is 10.8. The minimum Gasteiger partial charge on any atom is -0.459 e. The van der Waals surface area contributed by atoms with Gasteiger partial charge in [-0.25, -0.2) is 0 Å². The number of hydrogen-bond donors (Lipinski definition) is 0. The van der Waals surface area contributed by atoms with Crippen LogP contribution in [-0.4, -0.2) is 11.6 Å². The van der Waals surface area contributed by atoms with Crippen molar-refractivity contribution in [2.24, 2.45) is 17.8 Å². The normalized spacial score (nSPS) is 31.0. The van der Waals surface area contributed by atoms with Gasteiger partial charge in [-0.2, -0.15) is 0 Å². The lowest BCUT2D eigenvalue weighted by atomic mass is 9.68. The van der Waals surface area contributed by atoms with Crippen LogP contribution in [0, 0.1) is 17.8 Å². The third kappa shape index (κ3) is 2.99. The highest BCUT2D eigenvalue weighted by Gasteiger charge is 2.41. The van der Waals surface area contributed by atoms with E-state index in [4.69, 9.17) is 4.74 Å². The maximum Gasteiger partial charge on any atom is 0.306 e. The molecule has 0 amide bonds. The fourth-order valence-corrected chi connectivity index (χ4v) is 2.49. The molecule has 0 aromatic heterocycles. The second-order valence-electron chi connectivity index (χ2n) is 6.30. The topological polar surface area (TPSA) is 26.3 Å². The molecule has 0 bridgehead atoms. The number of carbonyl (C=O) groups is 1. The van der Waals surface area contributed by atoms with Gasteiger partial charge in [-0.3, -0.25) is 4.79 Å². The molecule has 2 rings (SSSR count). The zero-order valence-electron chi connectivity index (χ0n) is 10.8. The molecule has 2 nitrogen and oxygen atoms in total. The summed E-state index contributed by atoms with van der Waals surface area (Å²) in [5, 5.41) is 0. The molecule has 16 heavy (non-hydrogen) atoms. The summed E-state index contributed by atoms with van der Waals surface area (Å²) in [6.45, 7) is 6.62. The van der Waals surface area contributed by atoms with Crippen LogP contribution in [0.2, 0.25) is 0 Å². The van der Waals surface area contributed by atoms with Crippen molar-refractivity contribution >= 4 is 5.97 Å². The van der Waals surface area contributed by atoms with Crippen LogP contribution >= 0.6 is 0 Å². The predicted octanol–water partition coefficient (Wildman–Crippen LogP) is 3.54. The molecule has 0 radical (unpaired) electrons. The maximum absolute atomic E-state index is 11.5. The van der Waals surface area contributed by atoms with Crippen molar-refractivity contribution in [1.29, 1.82) is 0 Å². The van der Waals surface area contributed by atoms with E-state index in [1.807, 2.05) is 6.92 Å². The number of esters is 1. The summed E-state index contributed by atoms with van der Waals surface area (Å²) in [6.07, 6.45) is 6.42. The van der Waals surface area contributed by atoms with Crippen molar-refractivity contribution in [3.8, 4) is 0 Å². The average Bonchev–Trinajstić information content (AvgIpc) is 2.79. The van der Waals surface area contributed by atoms with Gasteiger partial charge in [-0.1, -0.05) is 13.8 Å². The molecule has 0 atom stereocenters. The van der Waals surface area contributed by atoms with Crippen LogP contribution in [0.5, 0.6) is 0 Å². The molecule has 0 aromatic carbocycles. The number of carbonyl (C=O) groups excluding carboxylic acids is 1. The minimum absolute atomic E-state index is 0.0213. The quantitative estimate of drug-likeness (QED) is 0.668. The summed E-state index contributed by atoms with van der Waals surface area (Å²) in [6, 6.07) is 0. The van der Waals surface area contributed by atoms with Crippen molar-refractivity contribution < 1.29 is 9.53 Å². The molecule has 0 aliphatic heterocycles. The van der Waals surface area contributed by atoms with Gasteiger partial charge in [0.15, 0.2) is 0 Å². The highest BCUT2D eigenvalue weighted by molar-refractivity contribution is 5.70. The highest BCUT2D eigenvalue weighted by Crippen LogP contribution is 2.42. The Kier molecular flexibility index (Phi) is 3.27. The lowest BCUT2D eigenvalue weighted by Gasteiger charge is -2.38. The Balaban J connectivity index is 1.57. The van der Waals surface area contributed by atoms with Crippen LogP contribution in [0.15, 0.2) is 0 Å². The van der Waals surface area contributed by atoms with Gasteiger partial charge in [0.05, 0.1) is 0 Å². The van der Waals surface area contributed by atoms with Gasteiger partial charge in [-0.05, 0) is 56.8 Å². The molecule has 0 heterocycles. The second-order valence-corrected chi connectivity index (χ2v) is 6.30. The fraction of sp³-hybridized carbons (Fsp3) is 0.929. The van der Waals surface area contributed by atoms with E-state index in [9.17, 15) is 4.79 Å². The fourth-order valence-electron chi connectivity index (χ4n) is 2.49. The van der Waals surface area contributed by atoms with Crippen LogP contribution in [0.25, 0.3) is 0 Å². The van der Waals surface area contributed by atoms with E-state index < -0.39 is 0 Å². The monoisotopic (exact) mass is 224 g/mol. The first-order valence-electron chi connectivity index (χ1n) is 6.70. The van der Waals surface area contributed by atoms with Gasteiger partial charge < -0.3 is 4.74 Å². The summed E-state index contributed by atoms with van der Waals surface area (Å²) < 4.78 is 5.40. The van der Waals surface area contributed by atoms with Crippen molar-refractivity contribution in [2.75, 3.05) is 0 Å². The third-order valence-corrected chi connectivity index (χ3v) is 4.29. The van der Waals surface area contributed by atoms with Gasteiger partial charge >= 0.3 is 5.97 Å². The zero-order chi connectivity index (χ0) is 11.8. The van der Waals surface area contributed by atoms with Crippen molar-refractivity contribution in [1.82, 2.24) is 0 Å². The van der Waals surface area contributed by atoms with E-state index >= 15 is 0 Å². The van der Waals surface area contributed by atoms with Crippen molar-refractivity contribution in [2.45, 2.75) is 64.9 Å². The van der Waals surface area contributed by atoms with Gasteiger partial charge in [0, 0.05) is 6.42 Å². The Hall–Kier alpha value is -0.530. The van der Waals surface area contributed by atoms with Crippen LogP contribution in [0.3, 0.4) is 0 Å². The molecule has 2 fully saturated rings. The SMILES string of the molecule is CC(C)C1CC(CCC(=O)OC2(C)CC2)C1. The second kappa shape index (κ2) is 4.38. The first-order valence-corrected chi connectivity index (χ1v) is 6.70. The van der Waals surface area contributed by atoms with Crippen LogP contribution in [0.4, 0.5) is 0 Å². The molecule has 0 saturated heterocycles. The van der Waals surface area contributed by atoms with Crippen LogP contribution < -0.4 is 0 Å². The van der Waals surface area contributed by atoms with Gasteiger partial charge in [0.2, 0.25) is 0 Å². The molecule has 0 unspecified atom stereocenters. The van der Waals surface area contributed by atoms with E-state index in [2.05, 4.69) is 13.8 Å². The number of ether oxygens (including phenoxy) is 1. The Morgan fingerprint density at radius 3 is 2.50 bits per heavy atom. The summed E-state index contributed by atoms with van der Waals surface area (Å²) in [7, 11) is 0. The summed E-state index contributed by atoms with van der Waals surface area (Å²) in [5.41, 5.74) is -0.0861. The number of rotatable bonds is 5. The maximum atomic E-state index is 11.5. The molecule has 2 aliphatic rings. The smallest absolute Gasteiger partial charge is 0.306 e. The third-order valence-electron chi connectivity index (χ3n) is 4.29. The Bertz CT molecular complexity index is 260. The van der Waals surface area contributed by atoms with Crippen molar-refractivity contribution in [3.05, 3.63) is 0 Å².